The summed E-state index contributed by atoms with van der Waals surface area (Å²) in [6, 6.07) is 0.933. The molecule has 0 saturated carbocycles. The van der Waals surface area contributed by atoms with E-state index in [9.17, 15) is 23.9 Å². The Balaban J connectivity index is 2.18. The van der Waals surface area contributed by atoms with Crippen LogP contribution in [0.3, 0.4) is 0 Å². The summed E-state index contributed by atoms with van der Waals surface area (Å²) in [5, 5.41) is 22.7. The Morgan fingerprint density at radius 1 is 1.43 bits per heavy atom. The summed E-state index contributed by atoms with van der Waals surface area (Å²) in [5.74, 6) is -4.55. The van der Waals surface area contributed by atoms with E-state index in [-0.39, 0.29) is 5.82 Å². The minimum absolute atomic E-state index is 0.0186. The number of amides is 2. The van der Waals surface area contributed by atoms with Gasteiger partial charge in [0.2, 0.25) is 0 Å². The predicted octanol–water partition coefficient (Wildman–Crippen LogP) is -0.0556. The summed E-state index contributed by atoms with van der Waals surface area (Å²) in [7, 11) is 0. The fourth-order valence-electron chi connectivity index (χ4n) is 1.72. The first-order valence-corrected chi connectivity index (χ1v) is 5.77. The monoisotopic (exact) mass is 295 g/mol. The summed E-state index contributed by atoms with van der Waals surface area (Å²) in [6.45, 7) is 0. The van der Waals surface area contributed by atoms with Crippen LogP contribution in [0.5, 0.6) is 0 Å². The van der Waals surface area contributed by atoms with E-state index in [4.69, 9.17) is 5.11 Å². The molecule has 1 aromatic rings. The zero-order valence-electron chi connectivity index (χ0n) is 10.5. The molecule has 1 aromatic heterocycles. The molecule has 1 unspecified atom stereocenters. The van der Waals surface area contributed by atoms with Gasteiger partial charge in [-0.2, -0.15) is 0 Å². The van der Waals surface area contributed by atoms with Crippen LogP contribution < -0.4 is 10.6 Å². The van der Waals surface area contributed by atoms with Crippen molar-refractivity contribution < 1.29 is 29.0 Å². The standard InChI is InChI=1S/C12H10FN3O5/c13-5-1-2-8(14-4-5)16-11(19)9-7(17)3-6(12(20)21)15-10(9)18/h1-2,4,6,17H,3H2,(H,15,18)(H,20,21)(H,14,16,19). The second-order valence-corrected chi connectivity index (χ2v) is 4.21. The van der Waals surface area contributed by atoms with Crippen molar-refractivity contribution in [3.8, 4) is 0 Å². The molecule has 9 heteroatoms. The number of aliphatic hydroxyl groups excluding tert-OH is 1. The van der Waals surface area contributed by atoms with Gasteiger partial charge in [0.1, 0.15) is 29.0 Å². The van der Waals surface area contributed by atoms with Gasteiger partial charge in [-0.25, -0.2) is 14.2 Å². The molecule has 1 atom stereocenters. The van der Waals surface area contributed by atoms with Crippen molar-refractivity contribution in [2.75, 3.05) is 5.32 Å². The molecule has 0 fully saturated rings. The third-order valence-corrected chi connectivity index (χ3v) is 2.71. The molecule has 2 heterocycles. The molecular weight excluding hydrogens is 285 g/mol. The lowest BCUT2D eigenvalue weighted by molar-refractivity contribution is -0.142. The van der Waals surface area contributed by atoms with E-state index in [0.717, 1.165) is 12.3 Å². The number of carbonyl (C=O) groups is 3. The van der Waals surface area contributed by atoms with Crippen LogP contribution in [-0.2, 0) is 14.4 Å². The highest BCUT2D eigenvalue weighted by molar-refractivity contribution is 6.23. The van der Waals surface area contributed by atoms with Gasteiger partial charge in [0.05, 0.1) is 6.20 Å². The Morgan fingerprint density at radius 3 is 2.67 bits per heavy atom. The van der Waals surface area contributed by atoms with Crippen LogP contribution in [0.1, 0.15) is 6.42 Å². The minimum atomic E-state index is -1.32. The average molecular weight is 295 g/mol. The number of hydrogen-bond donors (Lipinski definition) is 4. The smallest absolute Gasteiger partial charge is 0.326 e. The lowest BCUT2D eigenvalue weighted by Gasteiger charge is -2.21. The maximum absolute atomic E-state index is 12.7. The van der Waals surface area contributed by atoms with E-state index < -0.39 is 47.4 Å². The molecule has 0 saturated heterocycles. The summed E-state index contributed by atoms with van der Waals surface area (Å²) >= 11 is 0. The van der Waals surface area contributed by atoms with Crippen molar-refractivity contribution in [2.45, 2.75) is 12.5 Å². The third-order valence-electron chi connectivity index (χ3n) is 2.71. The Kier molecular flexibility index (Phi) is 3.83. The number of carboxylic acids is 1. The van der Waals surface area contributed by atoms with Gasteiger partial charge in [-0.1, -0.05) is 0 Å². The zero-order chi connectivity index (χ0) is 15.6. The number of aromatic nitrogens is 1. The molecule has 2 amide bonds. The van der Waals surface area contributed by atoms with Gasteiger partial charge in [-0.05, 0) is 12.1 Å². The van der Waals surface area contributed by atoms with Crippen molar-refractivity contribution in [3.63, 3.8) is 0 Å². The highest BCUT2D eigenvalue weighted by Crippen LogP contribution is 2.17. The normalized spacial score (nSPS) is 18.1. The van der Waals surface area contributed by atoms with Crippen LogP contribution in [0.25, 0.3) is 0 Å². The Morgan fingerprint density at radius 2 is 2.14 bits per heavy atom. The predicted molar refractivity (Wildman–Crippen MR) is 66.7 cm³/mol. The number of aliphatic carboxylic acids is 1. The van der Waals surface area contributed by atoms with Crippen LogP contribution in [0, 0.1) is 5.82 Å². The van der Waals surface area contributed by atoms with Gasteiger partial charge in [-0.15, -0.1) is 0 Å². The zero-order valence-corrected chi connectivity index (χ0v) is 10.5. The number of rotatable bonds is 3. The van der Waals surface area contributed by atoms with Crippen LogP contribution in [0.2, 0.25) is 0 Å². The average Bonchev–Trinajstić information content (AvgIpc) is 2.40. The van der Waals surface area contributed by atoms with E-state index in [0.29, 0.717) is 0 Å². The van der Waals surface area contributed by atoms with Crippen molar-refractivity contribution in [1.29, 1.82) is 0 Å². The Bertz CT molecular complexity index is 641. The number of nitrogens with zero attached hydrogens (tertiary/aromatic N) is 1. The summed E-state index contributed by atoms with van der Waals surface area (Å²) in [6.07, 6.45) is 0.464. The fraction of sp³-hybridized carbons (Fsp3) is 0.167. The quantitative estimate of drug-likeness (QED) is 0.578. The van der Waals surface area contributed by atoms with Gasteiger partial charge >= 0.3 is 5.97 Å². The van der Waals surface area contributed by atoms with E-state index in [1.54, 1.807) is 0 Å². The van der Waals surface area contributed by atoms with E-state index in [2.05, 4.69) is 15.6 Å². The number of halogens is 1. The first kappa shape index (κ1) is 14.4. The fourth-order valence-corrected chi connectivity index (χ4v) is 1.72. The van der Waals surface area contributed by atoms with Crippen molar-refractivity contribution in [2.24, 2.45) is 0 Å². The Hall–Kier alpha value is -2.97. The number of anilines is 1. The number of aliphatic hydroxyl groups is 1. The largest absolute Gasteiger partial charge is 0.511 e. The van der Waals surface area contributed by atoms with E-state index in [1.165, 1.54) is 6.07 Å². The van der Waals surface area contributed by atoms with Crippen molar-refractivity contribution >= 4 is 23.6 Å². The topological polar surface area (TPSA) is 129 Å². The molecule has 8 nitrogen and oxygen atoms in total. The molecule has 21 heavy (non-hydrogen) atoms. The third kappa shape index (κ3) is 3.14. The Labute approximate surface area is 117 Å². The number of carbonyl (C=O) groups excluding carboxylic acids is 2. The first-order chi connectivity index (χ1) is 9.88. The summed E-state index contributed by atoms with van der Waals surface area (Å²) in [5.41, 5.74) is -0.598. The SMILES string of the molecule is O=C(Nc1ccc(F)cn1)C1=C(O)CC(C(=O)O)NC1=O. The number of hydrogen-bond acceptors (Lipinski definition) is 5. The van der Waals surface area contributed by atoms with Gasteiger partial charge in [0, 0.05) is 6.42 Å². The first-order valence-electron chi connectivity index (χ1n) is 5.77. The molecule has 110 valence electrons. The maximum atomic E-state index is 12.7. The lowest BCUT2D eigenvalue weighted by atomic mass is 10.0. The van der Waals surface area contributed by atoms with E-state index >= 15 is 0 Å². The van der Waals surface area contributed by atoms with Crippen molar-refractivity contribution in [1.82, 2.24) is 10.3 Å². The second-order valence-electron chi connectivity index (χ2n) is 4.21. The van der Waals surface area contributed by atoms with Gasteiger partial charge in [0.15, 0.2) is 0 Å². The molecule has 1 aliphatic heterocycles. The highest BCUT2D eigenvalue weighted by Gasteiger charge is 2.34. The number of pyridine rings is 1. The second kappa shape index (κ2) is 5.57. The molecule has 0 spiro atoms. The molecule has 1 aliphatic rings. The molecule has 2 rings (SSSR count). The molecule has 0 bridgehead atoms. The molecule has 4 N–H and O–H groups in total. The van der Waals surface area contributed by atoms with E-state index in [1.807, 2.05) is 0 Å². The number of carboxylic acid groups (broad SMARTS) is 1. The van der Waals surface area contributed by atoms with Crippen LogP contribution in [0.4, 0.5) is 10.2 Å². The van der Waals surface area contributed by atoms with Gasteiger partial charge in [-0.3, -0.25) is 9.59 Å². The minimum Gasteiger partial charge on any atom is -0.511 e. The number of nitrogens with one attached hydrogen (secondary N) is 2. The molecule has 0 aliphatic carbocycles. The highest BCUT2D eigenvalue weighted by atomic mass is 19.1. The summed E-state index contributed by atoms with van der Waals surface area (Å²) in [4.78, 5) is 37.9. The molecule has 0 radical (unpaired) electrons. The molecule has 0 aromatic carbocycles. The van der Waals surface area contributed by atoms with Gasteiger partial charge in [0.25, 0.3) is 11.8 Å². The molecular formula is C12H10FN3O5. The summed E-state index contributed by atoms with van der Waals surface area (Å²) < 4.78 is 12.7. The van der Waals surface area contributed by atoms with Crippen LogP contribution >= 0.6 is 0 Å². The maximum Gasteiger partial charge on any atom is 0.326 e. The van der Waals surface area contributed by atoms with Crippen LogP contribution in [-0.4, -0.2) is 39.0 Å². The van der Waals surface area contributed by atoms with Gasteiger partial charge < -0.3 is 20.8 Å². The van der Waals surface area contributed by atoms with Crippen molar-refractivity contribution in [3.05, 3.63) is 35.5 Å². The van der Waals surface area contributed by atoms with Crippen LogP contribution in [0.15, 0.2) is 29.7 Å². The lowest BCUT2D eigenvalue weighted by Crippen LogP contribution is -2.47.